The summed E-state index contributed by atoms with van der Waals surface area (Å²) >= 11 is 1.36. The predicted molar refractivity (Wildman–Crippen MR) is 141 cm³/mol. The maximum atomic E-state index is 13.9. The normalized spacial score (nSPS) is 16.6. The fourth-order valence-corrected chi connectivity index (χ4v) is 5.74. The van der Waals surface area contributed by atoms with Crippen molar-refractivity contribution in [3.8, 4) is 5.69 Å². The third-order valence-electron chi connectivity index (χ3n) is 7.31. The number of fused-ring (bicyclic) bond motifs is 1. The second kappa shape index (κ2) is 9.66. The number of likely N-dealkylation sites (tertiary alicyclic amines) is 1. The molecule has 0 radical (unpaired) electrons. The van der Waals surface area contributed by atoms with Crippen LogP contribution in [0.3, 0.4) is 0 Å². The van der Waals surface area contributed by atoms with Gasteiger partial charge in [0.2, 0.25) is 0 Å². The zero-order valence-corrected chi connectivity index (χ0v) is 21.2. The molecule has 2 saturated heterocycles. The second-order valence-corrected chi connectivity index (χ2v) is 10.4. The van der Waals surface area contributed by atoms with Crippen LogP contribution in [0.15, 0.2) is 60.2 Å². The molecule has 0 unspecified atom stereocenters. The van der Waals surface area contributed by atoms with Gasteiger partial charge in [-0.15, -0.1) is 11.3 Å². The molecule has 2 aliphatic rings. The van der Waals surface area contributed by atoms with Crippen LogP contribution in [0.4, 0.5) is 4.39 Å². The Bertz CT molecular complexity index is 1540. The number of rotatable bonds is 5. The molecule has 2 aliphatic heterocycles. The van der Waals surface area contributed by atoms with E-state index in [1.807, 2.05) is 44.1 Å². The number of primary amides is 1. The average molecular weight is 533 g/mol. The highest BCUT2D eigenvalue weighted by Gasteiger charge is 2.37. The predicted octanol–water partition coefficient (Wildman–Crippen LogP) is 2.61. The number of hydrogen-bond acceptors (Lipinski definition) is 6. The van der Waals surface area contributed by atoms with Crippen LogP contribution < -0.4 is 5.73 Å². The number of halogens is 1. The Labute approximate surface area is 221 Å². The van der Waals surface area contributed by atoms with Crippen LogP contribution >= 0.6 is 11.3 Å². The van der Waals surface area contributed by atoms with Gasteiger partial charge in [0.05, 0.1) is 11.1 Å². The lowest BCUT2D eigenvalue weighted by atomic mass is 10.0. The summed E-state index contributed by atoms with van der Waals surface area (Å²) in [5, 5.41) is 3.20. The number of carbonyl (C=O) groups is 3. The highest BCUT2D eigenvalue weighted by molar-refractivity contribution is 7.11. The van der Waals surface area contributed by atoms with E-state index >= 15 is 0 Å². The molecular weight excluding hydrogens is 507 g/mol. The summed E-state index contributed by atoms with van der Waals surface area (Å²) in [6.07, 6.45) is 3.46. The molecule has 4 heterocycles. The summed E-state index contributed by atoms with van der Waals surface area (Å²) in [7, 11) is 0. The maximum Gasteiger partial charge on any atom is 0.282 e. The highest BCUT2D eigenvalue weighted by atomic mass is 32.1. The molecule has 0 aliphatic carbocycles. The smallest absolute Gasteiger partial charge is 0.282 e. The van der Waals surface area contributed by atoms with Gasteiger partial charge in [0.25, 0.3) is 17.7 Å². The number of nitrogens with two attached hydrogens (primary N) is 1. The van der Waals surface area contributed by atoms with E-state index in [0.717, 1.165) is 24.0 Å². The summed E-state index contributed by atoms with van der Waals surface area (Å²) in [5.74, 6) is -1.52. The molecule has 0 atom stereocenters. The molecule has 11 heteroatoms. The first-order valence-corrected chi connectivity index (χ1v) is 13.2. The maximum absolute atomic E-state index is 13.9. The van der Waals surface area contributed by atoms with Gasteiger partial charge < -0.3 is 20.1 Å². The van der Waals surface area contributed by atoms with Gasteiger partial charge in [0.1, 0.15) is 5.82 Å². The Balaban J connectivity index is 1.08. The zero-order valence-electron chi connectivity index (χ0n) is 20.4. The first-order valence-electron chi connectivity index (χ1n) is 12.3. The number of hydrogen-bond donors (Lipinski definition) is 1. The van der Waals surface area contributed by atoms with Gasteiger partial charge in [-0.05, 0) is 42.5 Å². The highest BCUT2D eigenvalue weighted by Crippen LogP contribution is 2.26. The number of amides is 3. The van der Waals surface area contributed by atoms with E-state index in [0.29, 0.717) is 48.5 Å². The molecule has 0 saturated carbocycles. The van der Waals surface area contributed by atoms with E-state index in [9.17, 15) is 18.8 Å². The molecule has 2 fully saturated rings. The monoisotopic (exact) mass is 532 g/mol. The van der Waals surface area contributed by atoms with Crippen LogP contribution in [-0.2, 0) is 0 Å². The molecule has 6 rings (SSSR count). The van der Waals surface area contributed by atoms with E-state index in [1.54, 1.807) is 18.3 Å². The third-order valence-corrected chi connectivity index (χ3v) is 8.07. The molecule has 3 amide bonds. The van der Waals surface area contributed by atoms with Crippen LogP contribution in [0.25, 0.3) is 16.6 Å². The van der Waals surface area contributed by atoms with Crippen molar-refractivity contribution in [2.45, 2.75) is 6.04 Å². The van der Waals surface area contributed by atoms with Crippen LogP contribution in [0.1, 0.15) is 30.5 Å². The van der Waals surface area contributed by atoms with Gasteiger partial charge >= 0.3 is 0 Å². The van der Waals surface area contributed by atoms with Gasteiger partial charge in [-0.1, -0.05) is 0 Å². The fourth-order valence-electron chi connectivity index (χ4n) is 5.14. The standard InChI is InChI=1S/C27H25FN6O3S/c28-22-3-2-19(14-21(22)24(29)35)34-7-5-17-13-18(1-4-23(17)34)26(36)33-15-20(16-33)31-8-10-32(11-9-31)27(37)25-30-6-12-38-25/h1-7,12-14,20H,8-11,15-16H2,(H2,29,35). The largest absolute Gasteiger partial charge is 0.366 e. The number of aromatic nitrogens is 2. The van der Waals surface area contributed by atoms with Crippen molar-refractivity contribution in [3.63, 3.8) is 0 Å². The molecule has 2 aromatic heterocycles. The van der Waals surface area contributed by atoms with Crippen molar-refractivity contribution in [3.05, 3.63) is 82.2 Å². The first-order chi connectivity index (χ1) is 18.4. The summed E-state index contributed by atoms with van der Waals surface area (Å²) in [6, 6.07) is 11.9. The lowest BCUT2D eigenvalue weighted by molar-refractivity contribution is 0.00853. The van der Waals surface area contributed by atoms with E-state index in [1.165, 1.54) is 23.5 Å². The number of nitrogens with zero attached hydrogens (tertiary/aromatic N) is 5. The minimum atomic E-state index is -0.826. The first kappa shape index (κ1) is 24.3. The van der Waals surface area contributed by atoms with Crippen LogP contribution in [0.2, 0.25) is 0 Å². The van der Waals surface area contributed by atoms with E-state index in [2.05, 4.69) is 9.88 Å². The van der Waals surface area contributed by atoms with E-state index in [-0.39, 0.29) is 17.4 Å². The lowest BCUT2D eigenvalue weighted by Gasteiger charge is -2.48. The van der Waals surface area contributed by atoms with Crippen molar-refractivity contribution < 1.29 is 18.8 Å². The molecule has 0 bridgehead atoms. The van der Waals surface area contributed by atoms with Crippen molar-refractivity contribution in [1.82, 2.24) is 24.3 Å². The molecule has 4 aromatic rings. The molecular formula is C27H25FN6O3S. The SMILES string of the molecule is NC(=O)c1cc(-n2ccc3cc(C(=O)N4CC(N5CCN(C(=O)c6nccs6)CC5)C4)ccc32)ccc1F. The van der Waals surface area contributed by atoms with Gasteiger partial charge in [-0.3, -0.25) is 19.3 Å². The summed E-state index contributed by atoms with van der Waals surface area (Å²) < 4.78 is 15.7. The van der Waals surface area contributed by atoms with Crippen LogP contribution in [0.5, 0.6) is 0 Å². The van der Waals surface area contributed by atoms with Gasteiger partial charge in [-0.2, -0.15) is 0 Å². The molecule has 194 valence electrons. The van der Waals surface area contributed by atoms with Crippen molar-refractivity contribution >= 4 is 40.0 Å². The minimum Gasteiger partial charge on any atom is -0.366 e. The fraction of sp³-hybridized carbons (Fsp3) is 0.259. The molecule has 38 heavy (non-hydrogen) atoms. The van der Waals surface area contributed by atoms with Gasteiger partial charge in [-0.25, -0.2) is 9.37 Å². The number of benzene rings is 2. The molecule has 0 spiro atoms. The molecule has 2 aromatic carbocycles. The van der Waals surface area contributed by atoms with Crippen molar-refractivity contribution in [2.24, 2.45) is 5.73 Å². The summed E-state index contributed by atoms with van der Waals surface area (Å²) in [4.78, 5) is 47.4. The number of carbonyl (C=O) groups excluding carboxylic acids is 3. The van der Waals surface area contributed by atoms with Crippen molar-refractivity contribution in [2.75, 3.05) is 39.3 Å². The summed E-state index contributed by atoms with van der Waals surface area (Å²) in [6.45, 7) is 4.19. The summed E-state index contributed by atoms with van der Waals surface area (Å²) in [5.41, 5.74) is 7.16. The van der Waals surface area contributed by atoms with Gasteiger partial charge in [0.15, 0.2) is 5.01 Å². The third kappa shape index (κ3) is 4.33. The Morgan fingerprint density at radius 2 is 1.74 bits per heavy atom. The Hall–Kier alpha value is -4.09. The number of piperazine rings is 1. The molecule has 2 N–H and O–H groups in total. The Kier molecular flexibility index (Phi) is 6.16. The lowest BCUT2D eigenvalue weighted by Crippen LogP contribution is -2.64. The van der Waals surface area contributed by atoms with Gasteiger partial charge in [0, 0.05) is 79.7 Å². The minimum absolute atomic E-state index is 0.0120. The Morgan fingerprint density at radius 1 is 0.947 bits per heavy atom. The zero-order chi connectivity index (χ0) is 26.4. The van der Waals surface area contributed by atoms with E-state index < -0.39 is 11.7 Å². The topological polar surface area (TPSA) is 105 Å². The van der Waals surface area contributed by atoms with Crippen LogP contribution in [0, 0.1) is 5.82 Å². The Morgan fingerprint density at radius 3 is 2.45 bits per heavy atom. The second-order valence-electron chi connectivity index (χ2n) is 9.52. The van der Waals surface area contributed by atoms with Crippen molar-refractivity contribution in [1.29, 1.82) is 0 Å². The number of thiazole rings is 1. The molecule has 9 nitrogen and oxygen atoms in total. The quantitative estimate of drug-likeness (QED) is 0.426. The van der Waals surface area contributed by atoms with Crippen LogP contribution in [-0.4, -0.2) is 87.3 Å². The van der Waals surface area contributed by atoms with E-state index in [4.69, 9.17) is 5.73 Å². The average Bonchev–Trinajstić information content (AvgIpc) is 3.58.